The lowest BCUT2D eigenvalue weighted by Crippen LogP contribution is -2.58. The highest BCUT2D eigenvalue weighted by Gasteiger charge is 2.31. The number of carbonyl (C=O) groups is 2. The van der Waals surface area contributed by atoms with Crippen molar-refractivity contribution < 1.29 is 9.59 Å². The highest BCUT2D eigenvalue weighted by atomic mass is 16.2. The molecule has 11 heteroatoms. The van der Waals surface area contributed by atoms with E-state index in [1.807, 2.05) is 24.3 Å². The van der Waals surface area contributed by atoms with Crippen molar-refractivity contribution in [3.05, 3.63) is 52.6 Å². The highest BCUT2D eigenvalue weighted by Crippen LogP contribution is 2.14. The van der Waals surface area contributed by atoms with Gasteiger partial charge < -0.3 is 26.2 Å². The lowest BCUT2D eigenvalue weighted by Gasteiger charge is -2.37. The van der Waals surface area contributed by atoms with Gasteiger partial charge in [0.25, 0.3) is 0 Å². The quantitative estimate of drug-likeness (QED) is 0.519. The Balaban J connectivity index is 1.34. The molecule has 3 amide bonds. The molecule has 3 heterocycles. The lowest BCUT2D eigenvalue weighted by molar-refractivity contribution is -0.137. The van der Waals surface area contributed by atoms with Crippen molar-refractivity contribution in [2.24, 2.45) is 11.5 Å². The van der Waals surface area contributed by atoms with Gasteiger partial charge in [0.2, 0.25) is 5.91 Å². The molecule has 0 spiro atoms. The molecule has 0 unspecified atom stereocenters. The number of urea groups is 1. The Labute approximate surface area is 211 Å². The minimum Gasteiger partial charge on any atom is -0.338 e. The standard InChI is InChI=1S/C25H36N8O3/c1-25(2,27)22(34)31-12-14-32(15-13-31)23(35)28-21-8-11-33(24(36)29-21)20-5-3-4-18(16-20)6-9-30-10-7-19(26)17-30/h3-5,8,11,16,19H,6-7,9-10,12-15,17,26-27H2,1-2H3,(H,28,29,35,36)/t19-/m1/s1. The summed E-state index contributed by atoms with van der Waals surface area (Å²) in [5.41, 5.74) is 12.3. The predicted molar refractivity (Wildman–Crippen MR) is 138 cm³/mol. The monoisotopic (exact) mass is 496 g/mol. The number of anilines is 1. The van der Waals surface area contributed by atoms with Gasteiger partial charge in [-0.25, -0.2) is 9.59 Å². The van der Waals surface area contributed by atoms with Crippen molar-refractivity contribution in [3.8, 4) is 5.69 Å². The molecule has 2 saturated heterocycles. The van der Waals surface area contributed by atoms with Gasteiger partial charge in [-0.1, -0.05) is 12.1 Å². The summed E-state index contributed by atoms with van der Waals surface area (Å²) in [6, 6.07) is 9.34. The number of aromatic nitrogens is 2. The molecule has 1 aromatic carbocycles. The first-order valence-corrected chi connectivity index (χ1v) is 12.4. The van der Waals surface area contributed by atoms with Gasteiger partial charge in [-0.3, -0.25) is 14.7 Å². The summed E-state index contributed by atoms with van der Waals surface area (Å²) in [6.07, 6.45) is 3.52. The van der Waals surface area contributed by atoms with Crippen LogP contribution in [0.5, 0.6) is 0 Å². The van der Waals surface area contributed by atoms with Crippen molar-refractivity contribution in [1.82, 2.24) is 24.3 Å². The largest absolute Gasteiger partial charge is 0.354 e. The number of nitrogens with two attached hydrogens (primary N) is 2. The Morgan fingerprint density at radius 1 is 1.11 bits per heavy atom. The van der Waals surface area contributed by atoms with Gasteiger partial charge in [0.1, 0.15) is 5.82 Å². The third-order valence-electron chi connectivity index (χ3n) is 6.66. The maximum absolute atomic E-state index is 12.7. The molecular formula is C25H36N8O3. The third-order valence-corrected chi connectivity index (χ3v) is 6.66. The Morgan fingerprint density at radius 2 is 1.83 bits per heavy atom. The topological polar surface area (TPSA) is 143 Å². The number of amides is 3. The molecule has 36 heavy (non-hydrogen) atoms. The first-order valence-electron chi connectivity index (χ1n) is 12.4. The molecule has 2 fully saturated rings. The zero-order valence-electron chi connectivity index (χ0n) is 21.0. The molecule has 0 aliphatic carbocycles. The molecule has 0 saturated carbocycles. The van der Waals surface area contributed by atoms with Crippen molar-refractivity contribution in [2.45, 2.75) is 38.3 Å². The molecule has 4 rings (SSSR count). The number of benzene rings is 1. The fourth-order valence-corrected chi connectivity index (χ4v) is 4.59. The number of nitrogens with one attached hydrogen (secondary N) is 1. The SMILES string of the molecule is CC(C)(N)C(=O)N1CCN(C(=O)Nc2ccn(-c3cccc(CCN4CC[C@@H](N)C4)c3)c(=O)n2)CC1. The molecule has 1 atom stereocenters. The van der Waals surface area contributed by atoms with E-state index in [1.54, 1.807) is 35.9 Å². The summed E-state index contributed by atoms with van der Waals surface area (Å²) in [6.45, 7) is 7.79. The normalized spacial score (nSPS) is 18.9. The van der Waals surface area contributed by atoms with Crippen molar-refractivity contribution in [2.75, 3.05) is 51.1 Å². The Morgan fingerprint density at radius 3 is 2.47 bits per heavy atom. The number of hydrogen-bond acceptors (Lipinski definition) is 7. The molecule has 2 aliphatic heterocycles. The van der Waals surface area contributed by atoms with Crippen LogP contribution in [0.1, 0.15) is 25.8 Å². The van der Waals surface area contributed by atoms with Crippen LogP contribution in [0.15, 0.2) is 41.3 Å². The number of piperazine rings is 1. The molecule has 0 radical (unpaired) electrons. The highest BCUT2D eigenvalue weighted by molar-refractivity contribution is 5.89. The van der Waals surface area contributed by atoms with Gasteiger partial charge in [0.15, 0.2) is 0 Å². The van der Waals surface area contributed by atoms with E-state index in [0.717, 1.165) is 43.7 Å². The average Bonchev–Trinajstić information content (AvgIpc) is 3.27. The van der Waals surface area contributed by atoms with Gasteiger partial charge in [0.05, 0.1) is 11.2 Å². The summed E-state index contributed by atoms with van der Waals surface area (Å²) in [5, 5.41) is 2.69. The average molecular weight is 497 g/mol. The van der Waals surface area contributed by atoms with Crippen LogP contribution in [0.2, 0.25) is 0 Å². The Bertz CT molecular complexity index is 1150. The van der Waals surface area contributed by atoms with Gasteiger partial charge in [-0.05, 0) is 57.0 Å². The van der Waals surface area contributed by atoms with E-state index in [2.05, 4.69) is 15.2 Å². The minimum atomic E-state index is -0.945. The number of nitrogens with zero attached hydrogens (tertiary/aromatic N) is 5. The molecule has 5 N–H and O–H groups in total. The van der Waals surface area contributed by atoms with Gasteiger partial charge in [0, 0.05) is 51.5 Å². The first-order chi connectivity index (χ1) is 17.1. The van der Waals surface area contributed by atoms with Gasteiger partial charge in [-0.15, -0.1) is 0 Å². The maximum atomic E-state index is 12.7. The second-order valence-electron chi connectivity index (χ2n) is 10.2. The second-order valence-corrected chi connectivity index (χ2v) is 10.2. The Kier molecular flexibility index (Phi) is 7.72. The van der Waals surface area contributed by atoms with E-state index in [4.69, 9.17) is 11.5 Å². The zero-order chi connectivity index (χ0) is 25.9. The van der Waals surface area contributed by atoms with Gasteiger partial charge in [-0.2, -0.15) is 4.98 Å². The second kappa shape index (κ2) is 10.8. The molecule has 194 valence electrons. The van der Waals surface area contributed by atoms with Crippen molar-refractivity contribution in [3.63, 3.8) is 0 Å². The predicted octanol–water partition coefficient (Wildman–Crippen LogP) is 0.221. The summed E-state index contributed by atoms with van der Waals surface area (Å²) < 4.78 is 1.46. The Hall–Kier alpha value is -3.28. The summed E-state index contributed by atoms with van der Waals surface area (Å²) in [4.78, 5) is 47.4. The smallest absolute Gasteiger partial charge is 0.338 e. The van der Waals surface area contributed by atoms with E-state index in [9.17, 15) is 14.4 Å². The number of carbonyl (C=O) groups excluding carboxylic acids is 2. The molecular weight excluding hydrogens is 460 g/mol. The number of hydrogen-bond donors (Lipinski definition) is 3. The summed E-state index contributed by atoms with van der Waals surface area (Å²) in [7, 11) is 0. The summed E-state index contributed by atoms with van der Waals surface area (Å²) in [5.74, 6) is 0.0431. The van der Waals surface area contributed by atoms with Crippen LogP contribution < -0.4 is 22.5 Å². The van der Waals surface area contributed by atoms with E-state index >= 15 is 0 Å². The van der Waals surface area contributed by atoms with Crippen LogP contribution >= 0.6 is 0 Å². The van der Waals surface area contributed by atoms with Crippen molar-refractivity contribution in [1.29, 1.82) is 0 Å². The third kappa shape index (κ3) is 6.28. The molecule has 0 bridgehead atoms. The van der Waals surface area contributed by atoms with Crippen LogP contribution in [-0.4, -0.2) is 93.6 Å². The van der Waals surface area contributed by atoms with E-state index < -0.39 is 11.2 Å². The lowest BCUT2D eigenvalue weighted by atomic mass is 10.1. The van der Waals surface area contributed by atoms with E-state index in [-0.39, 0.29) is 23.8 Å². The van der Waals surface area contributed by atoms with Crippen LogP contribution in [0, 0.1) is 0 Å². The van der Waals surface area contributed by atoms with E-state index in [0.29, 0.717) is 26.2 Å². The molecule has 1 aromatic heterocycles. The number of likely N-dealkylation sites (tertiary alicyclic amines) is 1. The van der Waals surface area contributed by atoms with Crippen molar-refractivity contribution >= 4 is 17.8 Å². The first kappa shape index (κ1) is 25.8. The van der Waals surface area contributed by atoms with Crippen LogP contribution in [-0.2, 0) is 11.2 Å². The fraction of sp³-hybridized carbons (Fsp3) is 0.520. The molecule has 2 aromatic rings. The van der Waals surface area contributed by atoms with E-state index in [1.165, 1.54) is 4.57 Å². The maximum Gasteiger partial charge on any atom is 0.354 e. The fourth-order valence-electron chi connectivity index (χ4n) is 4.59. The summed E-state index contributed by atoms with van der Waals surface area (Å²) >= 11 is 0. The van der Waals surface area contributed by atoms with Crippen LogP contribution in [0.25, 0.3) is 5.69 Å². The minimum absolute atomic E-state index is 0.142. The molecule has 11 nitrogen and oxygen atoms in total. The van der Waals surface area contributed by atoms with Crippen LogP contribution in [0.4, 0.5) is 10.6 Å². The van der Waals surface area contributed by atoms with Crippen LogP contribution in [0.3, 0.4) is 0 Å². The van der Waals surface area contributed by atoms with Gasteiger partial charge >= 0.3 is 11.7 Å². The zero-order valence-corrected chi connectivity index (χ0v) is 21.0. The molecule has 2 aliphatic rings. The number of rotatable bonds is 6.